The van der Waals surface area contributed by atoms with Crippen molar-refractivity contribution < 1.29 is 0 Å². The summed E-state index contributed by atoms with van der Waals surface area (Å²) in [5, 5.41) is 3.21. The fraction of sp³-hybridized carbons (Fsp3) is 0.889. The lowest BCUT2D eigenvalue weighted by Crippen LogP contribution is -2.23. The van der Waals surface area contributed by atoms with E-state index in [0.29, 0.717) is 12.1 Å². The predicted molar refractivity (Wildman–Crippen MR) is 51.1 cm³/mol. The Bertz CT molecular complexity index is 110. The summed E-state index contributed by atoms with van der Waals surface area (Å²) in [6.45, 7) is 8.58. The first-order valence-electron chi connectivity index (χ1n) is 4.48. The maximum absolute atomic E-state index is 4.29. The van der Waals surface area contributed by atoms with E-state index < -0.39 is 0 Å². The van der Waals surface area contributed by atoms with E-state index in [2.05, 4.69) is 38.0 Å². The molecule has 11 heavy (non-hydrogen) atoms. The Kier molecular flexibility index (Phi) is 5.90. The highest BCUT2D eigenvalue weighted by Gasteiger charge is 1.93. The average molecular weight is 156 g/mol. The molecule has 2 nitrogen and oxygen atoms in total. The number of hydrogen-bond acceptors (Lipinski definition) is 1. The topological polar surface area (TPSA) is 24.4 Å². The van der Waals surface area contributed by atoms with Crippen LogP contribution in [0.2, 0.25) is 0 Å². The second kappa shape index (κ2) is 6.20. The fourth-order valence-corrected chi connectivity index (χ4v) is 0.521. The van der Waals surface area contributed by atoms with Crippen LogP contribution in [0.1, 0.15) is 40.5 Å². The van der Waals surface area contributed by atoms with Crippen LogP contribution in [0.3, 0.4) is 0 Å². The normalized spacial score (nSPS) is 16.7. The summed E-state index contributed by atoms with van der Waals surface area (Å²) >= 11 is 0. The monoisotopic (exact) mass is 156 g/mol. The molecule has 0 radical (unpaired) electrons. The van der Waals surface area contributed by atoms with Gasteiger partial charge in [0.1, 0.15) is 0 Å². The lowest BCUT2D eigenvalue weighted by molar-refractivity contribution is 0.640. The molecule has 66 valence electrons. The Morgan fingerprint density at radius 1 is 1.27 bits per heavy atom. The van der Waals surface area contributed by atoms with E-state index in [0.717, 1.165) is 12.8 Å². The number of rotatable bonds is 5. The standard InChI is InChI=1S/C9H20N2/c1-5-8(3)10-7-11-9(4)6-2/h7-9H,5-6H2,1-4H3,(H,10,11). The number of hydrogen-bond donors (Lipinski definition) is 1. The summed E-state index contributed by atoms with van der Waals surface area (Å²) < 4.78 is 0. The third-order valence-corrected chi connectivity index (χ3v) is 1.89. The van der Waals surface area contributed by atoms with Crippen LogP contribution in [0.25, 0.3) is 0 Å². The molecule has 0 spiro atoms. The Hall–Kier alpha value is -0.530. The average Bonchev–Trinajstić information content (AvgIpc) is 2.04. The molecule has 0 saturated heterocycles. The molecule has 0 aromatic rings. The largest absolute Gasteiger partial charge is 0.374 e. The van der Waals surface area contributed by atoms with Crippen molar-refractivity contribution >= 4 is 6.34 Å². The van der Waals surface area contributed by atoms with Crippen LogP contribution in [0.4, 0.5) is 0 Å². The smallest absolute Gasteiger partial charge is 0.0829 e. The van der Waals surface area contributed by atoms with Gasteiger partial charge in [0.05, 0.1) is 6.34 Å². The van der Waals surface area contributed by atoms with Crippen LogP contribution >= 0.6 is 0 Å². The summed E-state index contributed by atoms with van der Waals surface area (Å²) in [7, 11) is 0. The maximum Gasteiger partial charge on any atom is 0.0829 e. The Morgan fingerprint density at radius 3 is 2.36 bits per heavy atom. The van der Waals surface area contributed by atoms with Gasteiger partial charge in [0.25, 0.3) is 0 Å². The van der Waals surface area contributed by atoms with Crippen LogP contribution in [-0.4, -0.2) is 18.4 Å². The lowest BCUT2D eigenvalue weighted by Gasteiger charge is -2.07. The molecule has 2 unspecified atom stereocenters. The SMILES string of the molecule is CCC(C)N=CNC(C)CC. The minimum absolute atomic E-state index is 0.451. The van der Waals surface area contributed by atoms with E-state index in [1.54, 1.807) is 0 Å². The molecule has 1 N–H and O–H groups in total. The Labute approximate surface area is 70.1 Å². The second-order valence-electron chi connectivity index (χ2n) is 3.01. The molecule has 0 bridgehead atoms. The number of nitrogens with zero attached hydrogens (tertiary/aromatic N) is 1. The minimum atomic E-state index is 0.451. The number of aliphatic imine (C=N–C) groups is 1. The molecule has 2 atom stereocenters. The molecule has 0 aliphatic heterocycles. The maximum atomic E-state index is 4.29. The van der Waals surface area contributed by atoms with E-state index in [9.17, 15) is 0 Å². The molecule has 0 rings (SSSR count). The van der Waals surface area contributed by atoms with Crippen LogP contribution < -0.4 is 5.32 Å². The molecular formula is C9H20N2. The van der Waals surface area contributed by atoms with Crippen molar-refractivity contribution in [1.29, 1.82) is 0 Å². The molecule has 0 saturated carbocycles. The molecule has 0 aliphatic rings. The second-order valence-corrected chi connectivity index (χ2v) is 3.01. The van der Waals surface area contributed by atoms with Gasteiger partial charge in [-0.15, -0.1) is 0 Å². The highest BCUT2D eigenvalue weighted by atomic mass is 15.0. The highest BCUT2D eigenvalue weighted by molar-refractivity contribution is 5.54. The first-order valence-corrected chi connectivity index (χ1v) is 4.48. The van der Waals surface area contributed by atoms with Crippen molar-refractivity contribution in [2.75, 3.05) is 0 Å². The third-order valence-electron chi connectivity index (χ3n) is 1.89. The van der Waals surface area contributed by atoms with Gasteiger partial charge in [-0.3, -0.25) is 4.99 Å². The van der Waals surface area contributed by atoms with Crippen LogP contribution in [-0.2, 0) is 0 Å². The fourth-order valence-electron chi connectivity index (χ4n) is 0.521. The van der Waals surface area contributed by atoms with Crippen molar-refractivity contribution in [3.8, 4) is 0 Å². The van der Waals surface area contributed by atoms with Gasteiger partial charge in [0.15, 0.2) is 0 Å². The summed E-state index contributed by atoms with van der Waals surface area (Å²) in [6.07, 6.45) is 4.09. The summed E-state index contributed by atoms with van der Waals surface area (Å²) in [5.41, 5.74) is 0. The Morgan fingerprint density at radius 2 is 1.91 bits per heavy atom. The molecule has 2 heteroatoms. The van der Waals surface area contributed by atoms with E-state index in [4.69, 9.17) is 0 Å². The predicted octanol–water partition coefficient (Wildman–Crippen LogP) is 2.20. The molecular weight excluding hydrogens is 136 g/mol. The van der Waals surface area contributed by atoms with E-state index in [1.165, 1.54) is 0 Å². The van der Waals surface area contributed by atoms with Crippen molar-refractivity contribution in [3.05, 3.63) is 0 Å². The number of nitrogens with one attached hydrogen (secondary N) is 1. The minimum Gasteiger partial charge on any atom is -0.374 e. The Balaban J connectivity index is 3.43. The summed E-state index contributed by atoms with van der Waals surface area (Å²) in [6, 6.07) is 0.995. The van der Waals surface area contributed by atoms with Crippen LogP contribution in [0.15, 0.2) is 4.99 Å². The summed E-state index contributed by atoms with van der Waals surface area (Å²) in [5.74, 6) is 0. The molecule has 0 aromatic heterocycles. The lowest BCUT2D eigenvalue weighted by atomic mass is 10.3. The van der Waals surface area contributed by atoms with Crippen molar-refractivity contribution in [1.82, 2.24) is 5.32 Å². The third kappa shape index (κ3) is 5.89. The van der Waals surface area contributed by atoms with Crippen molar-refractivity contribution in [2.45, 2.75) is 52.6 Å². The van der Waals surface area contributed by atoms with Crippen LogP contribution in [0, 0.1) is 0 Å². The van der Waals surface area contributed by atoms with Gasteiger partial charge in [-0.25, -0.2) is 0 Å². The van der Waals surface area contributed by atoms with Crippen LogP contribution in [0.5, 0.6) is 0 Å². The zero-order chi connectivity index (χ0) is 8.69. The van der Waals surface area contributed by atoms with Gasteiger partial charge in [-0.1, -0.05) is 13.8 Å². The quantitative estimate of drug-likeness (QED) is 0.479. The molecule has 0 aliphatic carbocycles. The zero-order valence-corrected chi connectivity index (χ0v) is 8.09. The van der Waals surface area contributed by atoms with Gasteiger partial charge >= 0.3 is 0 Å². The summed E-state index contributed by atoms with van der Waals surface area (Å²) in [4.78, 5) is 4.29. The molecule has 0 heterocycles. The highest BCUT2D eigenvalue weighted by Crippen LogP contribution is 1.92. The van der Waals surface area contributed by atoms with Gasteiger partial charge in [-0.05, 0) is 26.7 Å². The van der Waals surface area contributed by atoms with Gasteiger partial charge < -0.3 is 5.32 Å². The molecule has 0 aromatic carbocycles. The van der Waals surface area contributed by atoms with Crippen molar-refractivity contribution in [3.63, 3.8) is 0 Å². The van der Waals surface area contributed by atoms with Gasteiger partial charge in [-0.2, -0.15) is 0 Å². The first kappa shape index (κ1) is 10.5. The van der Waals surface area contributed by atoms with Gasteiger partial charge in [0.2, 0.25) is 0 Å². The first-order chi connectivity index (χ1) is 5.20. The van der Waals surface area contributed by atoms with E-state index >= 15 is 0 Å². The van der Waals surface area contributed by atoms with E-state index in [1.807, 2.05) is 6.34 Å². The molecule has 0 amide bonds. The van der Waals surface area contributed by atoms with Crippen molar-refractivity contribution in [2.24, 2.45) is 4.99 Å². The zero-order valence-electron chi connectivity index (χ0n) is 8.09. The van der Waals surface area contributed by atoms with Gasteiger partial charge in [0, 0.05) is 12.1 Å². The van der Waals surface area contributed by atoms with E-state index in [-0.39, 0.29) is 0 Å². The molecule has 0 fully saturated rings.